The van der Waals surface area contributed by atoms with E-state index in [1.165, 1.54) is 12.3 Å². The van der Waals surface area contributed by atoms with Gasteiger partial charge in [0.1, 0.15) is 0 Å². The number of rotatable bonds is 5. The second-order valence-corrected chi connectivity index (χ2v) is 8.01. The summed E-state index contributed by atoms with van der Waals surface area (Å²) in [5, 5.41) is 2.94. The molecule has 27 heavy (non-hydrogen) atoms. The highest BCUT2D eigenvalue weighted by Gasteiger charge is 2.20. The summed E-state index contributed by atoms with van der Waals surface area (Å²) in [5.74, 6) is -0.280. The molecule has 1 heterocycles. The minimum atomic E-state index is -3.90. The van der Waals surface area contributed by atoms with E-state index in [4.69, 9.17) is 16.0 Å². The van der Waals surface area contributed by atoms with Crippen LogP contribution >= 0.6 is 11.6 Å². The molecule has 3 rings (SSSR count). The van der Waals surface area contributed by atoms with Crippen molar-refractivity contribution in [2.45, 2.75) is 18.7 Å². The third kappa shape index (κ3) is 4.15. The SMILES string of the molecule is Cc1ccc(NC(=O)c2occc2C)cc1S(=O)(=O)Nc1ccccc1Cl. The molecular weight excluding hydrogens is 388 g/mol. The molecule has 2 aromatic carbocycles. The lowest BCUT2D eigenvalue weighted by molar-refractivity contribution is 0.0996. The fraction of sp³-hybridized carbons (Fsp3) is 0.105. The van der Waals surface area contributed by atoms with Gasteiger partial charge in [-0.05, 0) is 49.7 Å². The van der Waals surface area contributed by atoms with E-state index in [9.17, 15) is 13.2 Å². The average molecular weight is 405 g/mol. The Hall–Kier alpha value is -2.77. The van der Waals surface area contributed by atoms with E-state index in [2.05, 4.69) is 10.0 Å². The summed E-state index contributed by atoms with van der Waals surface area (Å²) in [5.41, 5.74) is 1.83. The van der Waals surface area contributed by atoms with Crippen molar-refractivity contribution in [1.82, 2.24) is 0 Å². The first-order valence-corrected chi connectivity index (χ1v) is 9.87. The highest BCUT2D eigenvalue weighted by Crippen LogP contribution is 2.27. The molecule has 0 saturated heterocycles. The smallest absolute Gasteiger partial charge is 0.291 e. The van der Waals surface area contributed by atoms with Gasteiger partial charge in [0, 0.05) is 11.3 Å². The summed E-state index contributed by atoms with van der Waals surface area (Å²) in [6.07, 6.45) is 1.42. The number of carbonyl (C=O) groups excluding carboxylic acids is 1. The molecule has 0 aliphatic carbocycles. The molecule has 2 N–H and O–H groups in total. The zero-order valence-electron chi connectivity index (χ0n) is 14.6. The van der Waals surface area contributed by atoms with Crippen LogP contribution in [0.25, 0.3) is 0 Å². The number of anilines is 2. The molecule has 0 spiro atoms. The van der Waals surface area contributed by atoms with Crippen LogP contribution in [0, 0.1) is 13.8 Å². The van der Waals surface area contributed by atoms with Crippen LogP contribution in [0.1, 0.15) is 21.7 Å². The van der Waals surface area contributed by atoms with E-state index < -0.39 is 15.9 Å². The van der Waals surface area contributed by atoms with Crippen LogP contribution in [0.2, 0.25) is 5.02 Å². The number of furan rings is 1. The van der Waals surface area contributed by atoms with E-state index in [0.717, 1.165) is 0 Å². The summed E-state index contributed by atoms with van der Waals surface area (Å²) in [6, 6.07) is 12.9. The van der Waals surface area contributed by atoms with Crippen molar-refractivity contribution >= 4 is 38.9 Å². The zero-order chi connectivity index (χ0) is 19.6. The number of hydrogen-bond acceptors (Lipinski definition) is 4. The van der Waals surface area contributed by atoms with Gasteiger partial charge in [-0.25, -0.2) is 8.42 Å². The monoisotopic (exact) mass is 404 g/mol. The molecule has 0 aliphatic heterocycles. The molecule has 3 aromatic rings. The minimum Gasteiger partial charge on any atom is -0.459 e. The van der Waals surface area contributed by atoms with Crippen LogP contribution < -0.4 is 10.0 Å². The molecule has 0 aliphatic rings. The fourth-order valence-corrected chi connectivity index (χ4v) is 4.09. The van der Waals surface area contributed by atoms with Gasteiger partial charge in [0.05, 0.1) is 21.9 Å². The quantitative estimate of drug-likeness (QED) is 0.650. The first kappa shape index (κ1) is 19.0. The standard InChI is InChI=1S/C19H17ClN2O4S/c1-12-7-8-14(21-19(23)18-13(2)9-10-26-18)11-17(12)27(24,25)22-16-6-4-3-5-15(16)20/h3-11,22H,1-2H3,(H,21,23). The number of carbonyl (C=O) groups is 1. The molecule has 1 amide bonds. The summed E-state index contributed by atoms with van der Waals surface area (Å²) in [7, 11) is -3.90. The first-order chi connectivity index (χ1) is 12.8. The molecule has 8 heteroatoms. The average Bonchev–Trinajstić information content (AvgIpc) is 3.04. The number of hydrogen-bond donors (Lipinski definition) is 2. The second kappa shape index (κ2) is 7.46. The van der Waals surface area contributed by atoms with Crippen molar-refractivity contribution < 1.29 is 17.6 Å². The number of benzene rings is 2. The van der Waals surface area contributed by atoms with Crippen molar-refractivity contribution in [2.75, 3.05) is 10.0 Å². The maximum Gasteiger partial charge on any atom is 0.291 e. The van der Waals surface area contributed by atoms with Crippen molar-refractivity contribution in [2.24, 2.45) is 0 Å². The lowest BCUT2D eigenvalue weighted by Gasteiger charge is -2.13. The van der Waals surface area contributed by atoms with Crippen LogP contribution in [-0.2, 0) is 10.0 Å². The van der Waals surface area contributed by atoms with Gasteiger partial charge in [-0.1, -0.05) is 29.8 Å². The Morgan fingerprint density at radius 2 is 1.78 bits per heavy atom. The highest BCUT2D eigenvalue weighted by atomic mass is 35.5. The van der Waals surface area contributed by atoms with E-state index in [1.807, 2.05) is 0 Å². The summed E-state index contributed by atoms with van der Waals surface area (Å²) in [6.45, 7) is 3.42. The second-order valence-electron chi connectivity index (χ2n) is 5.95. The van der Waals surface area contributed by atoms with Crippen LogP contribution in [0.4, 0.5) is 11.4 Å². The number of nitrogens with one attached hydrogen (secondary N) is 2. The van der Waals surface area contributed by atoms with Crippen molar-refractivity contribution in [3.8, 4) is 0 Å². The van der Waals surface area contributed by atoms with E-state index in [0.29, 0.717) is 16.8 Å². The Balaban J connectivity index is 1.90. The van der Waals surface area contributed by atoms with Gasteiger partial charge >= 0.3 is 0 Å². The van der Waals surface area contributed by atoms with Gasteiger partial charge in [-0.3, -0.25) is 9.52 Å². The molecule has 0 unspecified atom stereocenters. The molecule has 0 bridgehead atoms. The third-order valence-electron chi connectivity index (χ3n) is 3.92. The van der Waals surface area contributed by atoms with Crippen LogP contribution in [0.15, 0.2) is 64.1 Å². The van der Waals surface area contributed by atoms with Gasteiger partial charge < -0.3 is 9.73 Å². The van der Waals surface area contributed by atoms with E-state index in [1.54, 1.807) is 56.3 Å². The summed E-state index contributed by atoms with van der Waals surface area (Å²) in [4.78, 5) is 12.3. The van der Waals surface area contributed by atoms with Crippen LogP contribution in [0.5, 0.6) is 0 Å². The van der Waals surface area contributed by atoms with Gasteiger partial charge in [0.2, 0.25) is 0 Å². The van der Waals surface area contributed by atoms with Crippen molar-refractivity contribution in [3.63, 3.8) is 0 Å². The molecule has 140 valence electrons. The van der Waals surface area contributed by atoms with Crippen molar-refractivity contribution in [1.29, 1.82) is 0 Å². The van der Waals surface area contributed by atoms with Crippen molar-refractivity contribution in [3.05, 3.63) is 76.7 Å². The predicted molar refractivity (Wildman–Crippen MR) is 105 cm³/mol. The Labute approximate surface area is 162 Å². The van der Waals surface area contributed by atoms with Gasteiger partial charge in [-0.15, -0.1) is 0 Å². The zero-order valence-corrected chi connectivity index (χ0v) is 16.2. The third-order valence-corrected chi connectivity index (χ3v) is 5.76. The molecule has 1 aromatic heterocycles. The Bertz CT molecular complexity index is 1110. The number of sulfonamides is 1. The molecule has 6 nitrogen and oxygen atoms in total. The lowest BCUT2D eigenvalue weighted by atomic mass is 10.2. The summed E-state index contributed by atoms with van der Waals surface area (Å²) >= 11 is 6.04. The van der Waals surface area contributed by atoms with Gasteiger partial charge in [0.15, 0.2) is 5.76 Å². The van der Waals surface area contributed by atoms with Gasteiger partial charge in [-0.2, -0.15) is 0 Å². The van der Waals surface area contributed by atoms with E-state index in [-0.39, 0.29) is 21.4 Å². The minimum absolute atomic E-state index is 0.0383. The molecule has 0 fully saturated rings. The molecule has 0 saturated carbocycles. The van der Waals surface area contributed by atoms with Crippen LogP contribution in [-0.4, -0.2) is 14.3 Å². The maximum absolute atomic E-state index is 12.8. The molecular formula is C19H17ClN2O4S. The number of amides is 1. The normalized spacial score (nSPS) is 11.2. The first-order valence-electron chi connectivity index (χ1n) is 8.01. The predicted octanol–water partition coefficient (Wildman–Crippen LogP) is 4.60. The highest BCUT2D eigenvalue weighted by molar-refractivity contribution is 7.92. The maximum atomic E-state index is 12.8. The molecule has 0 radical (unpaired) electrons. The lowest BCUT2D eigenvalue weighted by Crippen LogP contribution is -2.16. The molecule has 0 atom stereocenters. The Morgan fingerprint density at radius 1 is 1.04 bits per heavy atom. The fourth-order valence-electron chi connectivity index (χ4n) is 2.50. The number of para-hydroxylation sites is 1. The van der Waals surface area contributed by atoms with Crippen LogP contribution in [0.3, 0.4) is 0 Å². The largest absolute Gasteiger partial charge is 0.459 e. The Kier molecular flexibility index (Phi) is 5.25. The van der Waals surface area contributed by atoms with Gasteiger partial charge in [0.25, 0.3) is 15.9 Å². The summed E-state index contributed by atoms with van der Waals surface area (Å²) < 4.78 is 33.2. The Morgan fingerprint density at radius 3 is 2.44 bits per heavy atom. The van der Waals surface area contributed by atoms with E-state index >= 15 is 0 Å². The topological polar surface area (TPSA) is 88.4 Å². The number of aryl methyl sites for hydroxylation is 2. The number of halogens is 1.